The molecule has 14 aromatic carbocycles. The molecule has 86 heavy (non-hydrogen) atoms. The van der Waals surface area contributed by atoms with Gasteiger partial charge in [0.25, 0.3) is 0 Å². The van der Waals surface area contributed by atoms with Crippen LogP contribution >= 0.6 is 0 Å². The standard InChI is InChI=1S/2C40H32N2O/c1-41(37-12-7-13-40(28-37)43-2)35-20-14-31(15-21-35)32-16-22-36(23-17-32)42(38-24-18-29-8-3-5-10-33(29)26-38)39-25-19-30-9-4-6-11-34(30)27-39;1-41(36-23-25-40(43-2)26-24-36)35-17-11-31(12-18-35)32-13-19-37(20-14-32)42(38-21-15-29-7-3-5-9-33(29)27-38)39-22-16-30-8-4-6-10-34(30)28-39/h2*3-28H,1-2H3. The third-order valence-corrected chi connectivity index (χ3v) is 16.3. The van der Waals surface area contributed by atoms with Crippen molar-refractivity contribution in [1.82, 2.24) is 0 Å². The van der Waals surface area contributed by atoms with E-state index in [0.717, 1.165) is 68.4 Å². The zero-order chi connectivity index (χ0) is 58.3. The first kappa shape index (κ1) is 54.2. The predicted octanol–water partition coefficient (Wildman–Crippen LogP) is 21.8. The maximum absolute atomic E-state index is 5.41. The summed E-state index contributed by atoms with van der Waals surface area (Å²) in [4.78, 5) is 9.03. The van der Waals surface area contributed by atoms with Crippen LogP contribution in [0.3, 0.4) is 0 Å². The first-order chi connectivity index (χ1) is 42.3. The van der Waals surface area contributed by atoms with Crippen LogP contribution in [0.1, 0.15) is 0 Å². The van der Waals surface area contributed by atoms with Crippen LogP contribution in [0.4, 0.5) is 56.9 Å². The summed E-state index contributed by atoms with van der Waals surface area (Å²) in [7, 11) is 7.54. The lowest BCUT2D eigenvalue weighted by atomic mass is 10.0. The Balaban J connectivity index is 0.000000160. The van der Waals surface area contributed by atoms with Gasteiger partial charge in [0.05, 0.1) is 14.2 Å². The van der Waals surface area contributed by atoms with Crippen LogP contribution in [0.5, 0.6) is 11.5 Å². The first-order valence-corrected chi connectivity index (χ1v) is 29.0. The van der Waals surface area contributed by atoms with E-state index in [1.807, 2.05) is 30.3 Å². The van der Waals surface area contributed by atoms with E-state index in [9.17, 15) is 0 Å². The van der Waals surface area contributed by atoms with Crippen molar-refractivity contribution in [2.24, 2.45) is 0 Å². The molecule has 0 aromatic heterocycles. The molecule has 0 aliphatic rings. The van der Waals surface area contributed by atoms with E-state index < -0.39 is 0 Å². The molecule has 14 rings (SSSR count). The highest BCUT2D eigenvalue weighted by atomic mass is 16.5. The van der Waals surface area contributed by atoms with Crippen molar-refractivity contribution in [3.05, 3.63) is 315 Å². The molecule has 0 saturated heterocycles. The highest BCUT2D eigenvalue weighted by molar-refractivity contribution is 5.95. The van der Waals surface area contributed by atoms with Crippen molar-refractivity contribution < 1.29 is 9.47 Å². The highest BCUT2D eigenvalue weighted by Crippen LogP contribution is 2.41. The van der Waals surface area contributed by atoms with Crippen molar-refractivity contribution in [3.63, 3.8) is 0 Å². The van der Waals surface area contributed by atoms with Gasteiger partial charge >= 0.3 is 0 Å². The largest absolute Gasteiger partial charge is 0.497 e. The molecule has 6 heteroatoms. The maximum atomic E-state index is 5.41. The number of rotatable bonds is 14. The summed E-state index contributed by atoms with van der Waals surface area (Å²) in [5.41, 5.74) is 15.9. The number of methoxy groups -OCH3 is 2. The SMILES string of the molecule is COc1ccc(N(C)c2ccc(-c3ccc(N(c4ccc5ccccc5c4)c4ccc5ccccc5c4)cc3)cc2)cc1.COc1cccc(N(C)c2ccc(-c3ccc(N(c4ccc5ccccc5c4)c4ccc5ccccc5c4)cc3)cc2)c1. The van der Waals surface area contributed by atoms with Gasteiger partial charge in [-0.2, -0.15) is 0 Å². The molecule has 0 fully saturated rings. The number of hydrogen-bond acceptors (Lipinski definition) is 6. The van der Waals surface area contributed by atoms with Crippen LogP contribution in [0.2, 0.25) is 0 Å². The number of hydrogen-bond donors (Lipinski definition) is 0. The second kappa shape index (κ2) is 24.4. The zero-order valence-corrected chi connectivity index (χ0v) is 48.6. The van der Waals surface area contributed by atoms with E-state index >= 15 is 0 Å². The Kier molecular flexibility index (Phi) is 15.4. The van der Waals surface area contributed by atoms with Crippen molar-refractivity contribution >= 4 is 100.0 Å². The minimum absolute atomic E-state index is 0.850. The monoisotopic (exact) mass is 1110 g/mol. The normalized spacial score (nSPS) is 11.0. The summed E-state index contributed by atoms with van der Waals surface area (Å²) >= 11 is 0. The highest BCUT2D eigenvalue weighted by Gasteiger charge is 2.17. The first-order valence-electron chi connectivity index (χ1n) is 29.0. The number of anilines is 10. The van der Waals surface area contributed by atoms with Gasteiger partial charge in [0, 0.05) is 77.0 Å². The van der Waals surface area contributed by atoms with Crippen LogP contribution < -0.4 is 29.1 Å². The van der Waals surface area contributed by atoms with Crippen molar-refractivity contribution in [2.75, 3.05) is 47.9 Å². The molecular formula is C80H64N4O2. The van der Waals surface area contributed by atoms with Crippen LogP contribution in [0.25, 0.3) is 65.3 Å². The van der Waals surface area contributed by atoms with Crippen LogP contribution in [-0.4, -0.2) is 28.3 Å². The molecule has 0 amide bonds. The number of fused-ring (bicyclic) bond motifs is 4. The van der Waals surface area contributed by atoms with Gasteiger partial charge in [0.2, 0.25) is 0 Å². The molecule has 416 valence electrons. The fraction of sp³-hybridized carbons (Fsp3) is 0.0500. The van der Waals surface area contributed by atoms with E-state index in [2.05, 4.69) is 319 Å². The molecule has 0 atom stereocenters. The predicted molar refractivity (Wildman–Crippen MR) is 365 cm³/mol. The molecular weight excluding hydrogens is 1050 g/mol. The summed E-state index contributed by atoms with van der Waals surface area (Å²) in [5, 5.41) is 9.84. The molecule has 0 bridgehead atoms. The molecule has 6 nitrogen and oxygen atoms in total. The third-order valence-electron chi connectivity index (χ3n) is 16.3. The summed E-state index contributed by atoms with van der Waals surface area (Å²) in [6, 6.07) is 112. The molecule has 0 spiro atoms. The molecule has 0 heterocycles. The number of ether oxygens (including phenoxy) is 2. The Hall–Kier alpha value is -11.1. The van der Waals surface area contributed by atoms with E-state index in [4.69, 9.17) is 9.47 Å². The van der Waals surface area contributed by atoms with E-state index in [0.29, 0.717) is 0 Å². The summed E-state index contributed by atoms with van der Waals surface area (Å²) in [5.74, 6) is 1.71. The molecule has 14 aromatic rings. The lowest BCUT2D eigenvalue weighted by Crippen LogP contribution is -2.10. The minimum Gasteiger partial charge on any atom is -0.497 e. The smallest absolute Gasteiger partial charge is 0.120 e. The second-order valence-electron chi connectivity index (χ2n) is 21.5. The second-order valence-corrected chi connectivity index (χ2v) is 21.5. The van der Waals surface area contributed by atoms with Crippen LogP contribution in [0, 0.1) is 0 Å². The van der Waals surface area contributed by atoms with E-state index in [-0.39, 0.29) is 0 Å². The third kappa shape index (κ3) is 11.5. The van der Waals surface area contributed by atoms with Crippen molar-refractivity contribution in [3.8, 4) is 33.8 Å². The summed E-state index contributed by atoms with van der Waals surface area (Å²) in [6.45, 7) is 0. The van der Waals surface area contributed by atoms with E-state index in [1.54, 1.807) is 14.2 Å². The average molecular weight is 1110 g/mol. The molecule has 0 radical (unpaired) electrons. The Bertz CT molecular complexity index is 4480. The molecule has 0 aliphatic carbocycles. The fourth-order valence-corrected chi connectivity index (χ4v) is 11.4. The molecule has 0 saturated carbocycles. The summed E-state index contributed by atoms with van der Waals surface area (Å²) < 4.78 is 10.7. The Morgan fingerprint density at radius 2 is 0.465 bits per heavy atom. The van der Waals surface area contributed by atoms with Gasteiger partial charge in [0.15, 0.2) is 0 Å². The Morgan fingerprint density at radius 1 is 0.198 bits per heavy atom. The lowest BCUT2D eigenvalue weighted by molar-refractivity contribution is 0.415. The van der Waals surface area contributed by atoms with Crippen LogP contribution in [0.15, 0.2) is 315 Å². The van der Waals surface area contributed by atoms with Crippen LogP contribution in [-0.2, 0) is 0 Å². The average Bonchev–Trinajstić information content (AvgIpc) is 2.82. The maximum Gasteiger partial charge on any atom is 0.120 e. The number of benzene rings is 14. The zero-order valence-electron chi connectivity index (χ0n) is 48.6. The molecule has 0 aliphatic heterocycles. The Morgan fingerprint density at radius 3 is 0.779 bits per heavy atom. The van der Waals surface area contributed by atoms with Gasteiger partial charge in [0.1, 0.15) is 11.5 Å². The fourth-order valence-electron chi connectivity index (χ4n) is 11.4. The van der Waals surface area contributed by atoms with Crippen molar-refractivity contribution in [2.45, 2.75) is 0 Å². The van der Waals surface area contributed by atoms with Gasteiger partial charge in [-0.25, -0.2) is 0 Å². The molecule has 0 N–H and O–H groups in total. The van der Waals surface area contributed by atoms with Gasteiger partial charge in [-0.1, -0.05) is 176 Å². The van der Waals surface area contributed by atoms with Gasteiger partial charge < -0.3 is 29.1 Å². The number of nitrogens with zero attached hydrogens (tertiary/aromatic N) is 4. The quantitative estimate of drug-likeness (QED) is 0.108. The van der Waals surface area contributed by atoms with Gasteiger partial charge in [-0.05, 0) is 199 Å². The summed E-state index contributed by atoms with van der Waals surface area (Å²) in [6.07, 6.45) is 0. The van der Waals surface area contributed by atoms with Gasteiger partial charge in [-0.15, -0.1) is 0 Å². The molecule has 0 unspecified atom stereocenters. The minimum atomic E-state index is 0.850. The van der Waals surface area contributed by atoms with Crippen molar-refractivity contribution in [1.29, 1.82) is 0 Å². The lowest BCUT2D eigenvalue weighted by Gasteiger charge is -2.26. The van der Waals surface area contributed by atoms with E-state index in [1.165, 1.54) is 65.3 Å². The van der Waals surface area contributed by atoms with Gasteiger partial charge in [-0.3, -0.25) is 0 Å². The Labute approximate surface area is 503 Å². The topological polar surface area (TPSA) is 31.4 Å².